The van der Waals surface area contributed by atoms with Gasteiger partial charge in [-0.05, 0) is 31.2 Å². The molecular weight excluding hydrogens is 224 g/mol. The number of aromatic nitrogens is 1. The van der Waals surface area contributed by atoms with Gasteiger partial charge in [-0.2, -0.15) is 0 Å². The Balaban J connectivity index is 2.02. The number of halogens is 1. The third kappa shape index (κ3) is 2.79. The minimum absolute atomic E-state index is 0.250. The number of ether oxygens (including phenoxy) is 1. The van der Waals surface area contributed by atoms with E-state index < -0.39 is 0 Å². The van der Waals surface area contributed by atoms with Crippen molar-refractivity contribution in [2.75, 3.05) is 5.73 Å². The number of pyridine rings is 1. The Morgan fingerprint density at radius 3 is 3.00 bits per heavy atom. The molecule has 1 aromatic rings. The molecule has 88 valence electrons. The predicted octanol–water partition coefficient (Wildman–Crippen LogP) is 3.27. The molecule has 1 aliphatic rings. The van der Waals surface area contributed by atoms with Crippen molar-refractivity contribution in [3.63, 3.8) is 0 Å². The summed E-state index contributed by atoms with van der Waals surface area (Å²) in [7, 11) is 0. The summed E-state index contributed by atoms with van der Waals surface area (Å²) >= 11 is 5.78. The van der Waals surface area contributed by atoms with Crippen molar-refractivity contribution in [3.05, 3.63) is 17.3 Å². The Morgan fingerprint density at radius 1 is 1.50 bits per heavy atom. The van der Waals surface area contributed by atoms with E-state index in [-0.39, 0.29) is 6.10 Å². The number of hydrogen-bond donors (Lipinski definition) is 1. The summed E-state index contributed by atoms with van der Waals surface area (Å²) in [6, 6.07) is 1.68. The van der Waals surface area contributed by atoms with E-state index in [9.17, 15) is 0 Å². The first kappa shape index (κ1) is 11.5. The van der Waals surface area contributed by atoms with Gasteiger partial charge < -0.3 is 10.5 Å². The molecular formula is C12H17ClN2O. The maximum atomic E-state index is 5.82. The molecule has 0 amide bonds. The molecule has 0 saturated heterocycles. The van der Waals surface area contributed by atoms with E-state index in [0.29, 0.717) is 16.6 Å². The second kappa shape index (κ2) is 4.91. The van der Waals surface area contributed by atoms with Gasteiger partial charge in [0.25, 0.3) is 0 Å². The second-order valence-electron chi connectivity index (χ2n) is 4.56. The Labute approximate surface area is 101 Å². The summed E-state index contributed by atoms with van der Waals surface area (Å²) < 4.78 is 5.82. The monoisotopic (exact) mass is 240 g/mol. The van der Waals surface area contributed by atoms with Crippen LogP contribution in [0, 0.1) is 5.92 Å². The van der Waals surface area contributed by atoms with Gasteiger partial charge in [0, 0.05) is 6.20 Å². The highest BCUT2D eigenvalue weighted by Crippen LogP contribution is 2.29. The topological polar surface area (TPSA) is 48.1 Å². The van der Waals surface area contributed by atoms with Gasteiger partial charge in [0.05, 0.1) is 10.7 Å². The van der Waals surface area contributed by atoms with E-state index in [0.717, 1.165) is 18.8 Å². The summed E-state index contributed by atoms with van der Waals surface area (Å²) in [6.07, 6.45) is 6.51. The average Bonchev–Trinajstić information content (AvgIpc) is 2.22. The highest BCUT2D eigenvalue weighted by atomic mass is 35.5. The number of hydrogen-bond acceptors (Lipinski definition) is 3. The fourth-order valence-electron chi connectivity index (χ4n) is 2.18. The molecule has 2 atom stereocenters. The van der Waals surface area contributed by atoms with Crippen LogP contribution in [0.2, 0.25) is 5.02 Å². The summed E-state index contributed by atoms with van der Waals surface area (Å²) in [5.74, 6) is 1.25. The van der Waals surface area contributed by atoms with Crippen molar-refractivity contribution >= 4 is 17.3 Å². The number of anilines is 1. The van der Waals surface area contributed by atoms with Crippen molar-refractivity contribution in [2.24, 2.45) is 5.92 Å². The molecule has 3 nitrogen and oxygen atoms in total. The van der Waals surface area contributed by atoms with Crippen molar-refractivity contribution in [2.45, 2.75) is 38.7 Å². The van der Waals surface area contributed by atoms with E-state index >= 15 is 0 Å². The van der Waals surface area contributed by atoms with Crippen LogP contribution in [0.1, 0.15) is 32.6 Å². The van der Waals surface area contributed by atoms with Crippen molar-refractivity contribution in [1.29, 1.82) is 0 Å². The molecule has 2 rings (SSSR count). The summed E-state index contributed by atoms with van der Waals surface area (Å²) in [4.78, 5) is 4.12. The predicted molar refractivity (Wildman–Crippen MR) is 65.7 cm³/mol. The standard InChI is InChI=1S/C12H17ClN2O/c1-8-3-2-4-10(5-8)16-12-11(14)6-9(13)7-15-12/h6-8,10H,2-5,14H2,1H3. The van der Waals surface area contributed by atoms with Gasteiger partial charge in [0.15, 0.2) is 0 Å². The number of nitrogens with zero attached hydrogens (tertiary/aromatic N) is 1. The van der Waals surface area contributed by atoms with Crippen LogP contribution in [0.5, 0.6) is 5.88 Å². The largest absolute Gasteiger partial charge is 0.473 e. The molecule has 1 heterocycles. The summed E-state index contributed by atoms with van der Waals surface area (Å²) in [6.45, 7) is 2.26. The number of nitrogens with two attached hydrogens (primary N) is 1. The highest BCUT2D eigenvalue weighted by Gasteiger charge is 2.21. The average molecular weight is 241 g/mol. The quantitative estimate of drug-likeness (QED) is 0.863. The summed E-state index contributed by atoms with van der Waals surface area (Å²) in [5, 5.41) is 0.543. The van der Waals surface area contributed by atoms with Crippen LogP contribution < -0.4 is 10.5 Å². The SMILES string of the molecule is CC1CCCC(Oc2ncc(Cl)cc2N)C1. The zero-order chi connectivity index (χ0) is 11.5. The lowest BCUT2D eigenvalue weighted by atomic mass is 9.89. The van der Waals surface area contributed by atoms with Crippen LogP contribution in [0.15, 0.2) is 12.3 Å². The first-order valence-electron chi connectivity index (χ1n) is 5.73. The van der Waals surface area contributed by atoms with E-state index in [1.807, 2.05) is 0 Å². The van der Waals surface area contributed by atoms with Gasteiger partial charge in [0.1, 0.15) is 6.10 Å². The van der Waals surface area contributed by atoms with Crippen molar-refractivity contribution in [3.8, 4) is 5.88 Å². The maximum Gasteiger partial charge on any atom is 0.237 e. The van der Waals surface area contributed by atoms with Gasteiger partial charge >= 0.3 is 0 Å². The molecule has 4 heteroatoms. The third-order valence-electron chi connectivity index (χ3n) is 3.01. The molecule has 0 bridgehead atoms. The molecule has 1 aliphatic carbocycles. The molecule has 0 radical (unpaired) electrons. The lowest BCUT2D eigenvalue weighted by Crippen LogP contribution is -2.24. The number of rotatable bonds is 2. The molecule has 0 spiro atoms. The van der Waals surface area contributed by atoms with E-state index in [4.69, 9.17) is 22.1 Å². The van der Waals surface area contributed by atoms with Crippen LogP contribution in [-0.2, 0) is 0 Å². The lowest BCUT2D eigenvalue weighted by Gasteiger charge is -2.27. The molecule has 2 N–H and O–H groups in total. The van der Waals surface area contributed by atoms with Crippen LogP contribution in [0.3, 0.4) is 0 Å². The highest BCUT2D eigenvalue weighted by molar-refractivity contribution is 6.30. The Hall–Kier alpha value is -0.960. The fraction of sp³-hybridized carbons (Fsp3) is 0.583. The third-order valence-corrected chi connectivity index (χ3v) is 3.22. The molecule has 16 heavy (non-hydrogen) atoms. The maximum absolute atomic E-state index is 5.82. The fourth-order valence-corrected chi connectivity index (χ4v) is 2.35. The van der Waals surface area contributed by atoms with E-state index in [2.05, 4.69) is 11.9 Å². The molecule has 0 aromatic carbocycles. The first-order chi connectivity index (χ1) is 7.65. The molecule has 2 unspecified atom stereocenters. The molecule has 1 fully saturated rings. The number of nitrogen functional groups attached to an aromatic ring is 1. The zero-order valence-electron chi connectivity index (χ0n) is 9.45. The summed E-state index contributed by atoms with van der Waals surface area (Å²) in [5.41, 5.74) is 6.32. The van der Waals surface area contributed by atoms with Crippen molar-refractivity contribution in [1.82, 2.24) is 4.98 Å². The van der Waals surface area contributed by atoms with Gasteiger partial charge in [-0.3, -0.25) is 0 Å². The molecule has 1 aromatic heterocycles. The Bertz CT molecular complexity index is 370. The zero-order valence-corrected chi connectivity index (χ0v) is 10.2. The first-order valence-corrected chi connectivity index (χ1v) is 6.10. The smallest absolute Gasteiger partial charge is 0.237 e. The van der Waals surface area contributed by atoms with Crippen LogP contribution in [0.4, 0.5) is 5.69 Å². The van der Waals surface area contributed by atoms with Crippen LogP contribution in [0.25, 0.3) is 0 Å². The Morgan fingerprint density at radius 2 is 2.31 bits per heavy atom. The minimum atomic E-state index is 0.250. The lowest BCUT2D eigenvalue weighted by molar-refractivity contribution is 0.125. The van der Waals surface area contributed by atoms with Gasteiger partial charge in [-0.1, -0.05) is 24.9 Å². The van der Waals surface area contributed by atoms with Gasteiger partial charge in [-0.25, -0.2) is 4.98 Å². The van der Waals surface area contributed by atoms with E-state index in [1.54, 1.807) is 12.3 Å². The molecule has 0 aliphatic heterocycles. The Kier molecular flexibility index (Phi) is 3.54. The van der Waals surface area contributed by atoms with Gasteiger partial charge in [-0.15, -0.1) is 0 Å². The van der Waals surface area contributed by atoms with E-state index in [1.165, 1.54) is 12.8 Å². The van der Waals surface area contributed by atoms with Gasteiger partial charge in [0.2, 0.25) is 5.88 Å². The van der Waals surface area contributed by atoms with Crippen molar-refractivity contribution < 1.29 is 4.74 Å². The van der Waals surface area contributed by atoms with Crippen LogP contribution in [-0.4, -0.2) is 11.1 Å². The van der Waals surface area contributed by atoms with Crippen LogP contribution >= 0.6 is 11.6 Å². The normalized spacial score (nSPS) is 25.4. The molecule has 1 saturated carbocycles. The minimum Gasteiger partial charge on any atom is -0.473 e. The second-order valence-corrected chi connectivity index (χ2v) is 5.00.